The summed E-state index contributed by atoms with van der Waals surface area (Å²) in [4.78, 5) is 3.49. The van der Waals surface area contributed by atoms with Crippen molar-refractivity contribution in [1.82, 2.24) is 5.01 Å². The predicted molar refractivity (Wildman–Crippen MR) is 75.0 cm³/mol. The lowest BCUT2D eigenvalue weighted by Gasteiger charge is -2.11. The zero-order valence-electron chi connectivity index (χ0n) is 10.5. The number of hydrazone groups is 1. The smallest absolute Gasteiger partial charge is 0.0429 e. The van der Waals surface area contributed by atoms with Crippen LogP contribution in [-0.2, 0) is 0 Å². The van der Waals surface area contributed by atoms with E-state index in [9.17, 15) is 0 Å². The summed E-state index contributed by atoms with van der Waals surface area (Å²) in [5.41, 5.74) is 1.42. The summed E-state index contributed by atoms with van der Waals surface area (Å²) in [6.45, 7) is 11.6. The topological polar surface area (TPSA) is 28.0 Å². The van der Waals surface area contributed by atoms with Gasteiger partial charge in [-0.15, -0.1) is 0 Å². The normalized spacial score (nSPS) is 18.2. The average molecular weight is 231 g/mol. The number of hydrogen-bond donors (Lipinski definition) is 0. The van der Waals surface area contributed by atoms with Gasteiger partial charge in [-0.3, -0.25) is 5.01 Å². The van der Waals surface area contributed by atoms with E-state index in [1.807, 2.05) is 11.9 Å². The van der Waals surface area contributed by atoms with Gasteiger partial charge in [0.2, 0.25) is 0 Å². The highest BCUT2D eigenvalue weighted by atomic mass is 15.4. The number of rotatable bonds is 3. The van der Waals surface area contributed by atoms with Gasteiger partial charge >= 0.3 is 0 Å². The summed E-state index contributed by atoms with van der Waals surface area (Å²) in [5.74, 6) is 0.645. The molecule has 0 radical (unpaired) electrons. The molecule has 1 fully saturated rings. The summed E-state index contributed by atoms with van der Waals surface area (Å²) < 4.78 is 0. The summed E-state index contributed by atoms with van der Waals surface area (Å²) in [5, 5.41) is 5.99. The van der Waals surface area contributed by atoms with E-state index in [2.05, 4.69) is 53.9 Å². The van der Waals surface area contributed by atoms with Crippen LogP contribution < -0.4 is 0 Å². The van der Waals surface area contributed by atoms with Crippen molar-refractivity contribution in [2.75, 3.05) is 19.6 Å². The van der Waals surface area contributed by atoms with E-state index in [1.165, 1.54) is 12.0 Å². The van der Waals surface area contributed by atoms with Crippen LogP contribution in [-0.4, -0.2) is 38.1 Å². The SMILES string of the molecule is C=NCC.C=NN1CCC(c2ccccc2)C1. The highest BCUT2D eigenvalue weighted by molar-refractivity contribution is 5.24. The summed E-state index contributed by atoms with van der Waals surface area (Å²) in [7, 11) is 0. The number of hydrogen-bond acceptors (Lipinski definition) is 3. The number of nitrogens with zero attached hydrogens (tertiary/aromatic N) is 3. The maximum atomic E-state index is 3.95. The minimum atomic E-state index is 0.645. The second kappa shape index (κ2) is 7.60. The van der Waals surface area contributed by atoms with Gasteiger partial charge in [0.15, 0.2) is 0 Å². The van der Waals surface area contributed by atoms with Gasteiger partial charge in [0, 0.05) is 32.3 Å². The third kappa shape index (κ3) is 4.39. The number of aliphatic imine (C=N–C) groups is 1. The van der Waals surface area contributed by atoms with Gasteiger partial charge in [-0.05, 0) is 25.6 Å². The molecule has 1 aliphatic heterocycles. The van der Waals surface area contributed by atoms with Gasteiger partial charge in [-0.25, -0.2) is 0 Å². The molecule has 1 aromatic rings. The van der Waals surface area contributed by atoms with Crippen LogP contribution >= 0.6 is 0 Å². The van der Waals surface area contributed by atoms with Crippen LogP contribution in [0.4, 0.5) is 0 Å². The molecule has 1 heterocycles. The highest BCUT2D eigenvalue weighted by Gasteiger charge is 2.21. The third-order valence-electron chi connectivity index (χ3n) is 2.86. The van der Waals surface area contributed by atoms with E-state index in [0.29, 0.717) is 5.92 Å². The maximum absolute atomic E-state index is 3.95. The van der Waals surface area contributed by atoms with Crippen molar-refractivity contribution < 1.29 is 0 Å². The molecule has 0 saturated carbocycles. The molecule has 17 heavy (non-hydrogen) atoms. The Morgan fingerprint density at radius 2 is 1.94 bits per heavy atom. The monoisotopic (exact) mass is 231 g/mol. The van der Waals surface area contributed by atoms with Crippen molar-refractivity contribution in [1.29, 1.82) is 0 Å². The highest BCUT2D eigenvalue weighted by Crippen LogP contribution is 2.26. The molecule has 0 amide bonds. The fraction of sp³-hybridized carbons (Fsp3) is 0.429. The van der Waals surface area contributed by atoms with Crippen LogP contribution in [0, 0.1) is 0 Å². The molecule has 1 unspecified atom stereocenters. The first-order chi connectivity index (χ1) is 8.31. The largest absolute Gasteiger partial charge is 0.301 e. The Hall–Kier alpha value is -1.64. The fourth-order valence-corrected chi connectivity index (χ4v) is 1.87. The van der Waals surface area contributed by atoms with E-state index in [0.717, 1.165) is 19.6 Å². The fourth-order valence-electron chi connectivity index (χ4n) is 1.87. The Bertz CT molecular complexity index is 335. The summed E-state index contributed by atoms with van der Waals surface area (Å²) in [6.07, 6.45) is 1.20. The molecule has 1 saturated heterocycles. The molecule has 0 spiro atoms. The second-order valence-electron chi connectivity index (χ2n) is 3.99. The lowest BCUT2D eigenvalue weighted by molar-refractivity contribution is 0.358. The van der Waals surface area contributed by atoms with Crippen molar-refractivity contribution in [3.8, 4) is 0 Å². The third-order valence-corrected chi connectivity index (χ3v) is 2.86. The maximum Gasteiger partial charge on any atom is 0.0429 e. The molecule has 92 valence electrons. The van der Waals surface area contributed by atoms with Gasteiger partial charge in [0.1, 0.15) is 0 Å². The lowest BCUT2D eigenvalue weighted by atomic mass is 9.99. The van der Waals surface area contributed by atoms with Gasteiger partial charge in [0.05, 0.1) is 0 Å². The molecule has 1 atom stereocenters. The van der Waals surface area contributed by atoms with Gasteiger partial charge in [-0.2, -0.15) is 5.10 Å². The van der Waals surface area contributed by atoms with Crippen LogP contribution in [0.5, 0.6) is 0 Å². The molecule has 1 aromatic carbocycles. The Labute approximate surface area is 104 Å². The average Bonchev–Trinajstić information content (AvgIpc) is 2.89. The van der Waals surface area contributed by atoms with Crippen molar-refractivity contribution in [3.63, 3.8) is 0 Å². The zero-order valence-corrected chi connectivity index (χ0v) is 10.5. The molecule has 3 heteroatoms. The predicted octanol–water partition coefficient (Wildman–Crippen LogP) is 2.80. The van der Waals surface area contributed by atoms with Gasteiger partial charge in [-0.1, -0.05) is 30.3 Å². The Morgan fingerprint density at radius 3 is 2.41 bits per heavy atom. The quantitative estimate of drug-likeness (QED) is 0.735. The van der Waals surface area contributed by atoms with Crippen molar-refractivity contribution in [2.24, 2.45) is 10.1 Å². The standard InChI is InChI=1S/C11H14N2.C3H7N/c1-12-13-8-7-11(9-13)10-5-3-2-4-6-10;1-3-4-2/h2-6,11H,1,7-9H2;2-3H2,1H3. The summed E-state index contributed by atoms with van der Waals surface area (Å²) >= 11 is 0. The van der Waals surface area contributed by atoms with Gasteiger partial charge in [0.25, 0.3) is 0 Å². The van der Waals surface area contributed by atoms with Crippen molar-refractivity contribution in [3.05, 3.63) is 35.9 Å². The van der Waals surface area contributed by atoms with E-state index in [4.69, 9.17) is 0 Å². The van der Waals surface area contributed by atoms with Crippen LogP contribution in [0.25, 0.3) is 0 Å². The molecule has 0 N–H and O–H groups in total. The van der Waals surface area contributed by atoms with Crippen LogP contribution in [0.15, 0.2) is 40.4 Å². The molecule has 2 rings (SSSR count). The van der Waals surface area contributed by atoms with E-state index >= 15 is 0 Å². The zero-order chi connectivity index (χ0) is 12.5. The Balaban J connectivity index is 0.000000317. The first-order valence-corrected chi connectivity index (χ1v) is 6.00. The minimum absolute atomic E-state index is 0.645. The Morgan fingerprint density at radius 1 is 1.29 bits per heavy atom. The van der Waals surface area contributed by atoms with Crippen LogP contribution in [0.3, 0.4) is 0 Å². The first kappa shape index (κ1) is 13.4. The van der Waals surface area contributed by atoms with Crippen LogP contribution in [0.1, 0.15) is 24.8 Å². The molecule has 1 aliphatic rings. The van der Waals surface area contributed by atoms with E-state index in [1.54, 1.807) is 0 Å². The molecule has 0 aromatic heterocycles. The molecular weight excluding hydrogens is 210 g/mol. The molecule has 0 aliphatic carbocycles. The minimum Gasteiger partial charge on any atom is -0.301 e. The molecule has 0 bridgehead atoms. The Kier molecular flexibility index (Phi) is 6.00. The van der Waals surface area contributed by atoms with Crippen molar-refractivity contribution in [2.45, 2.75) is 19.3 Å². The summed E-state index contributed by atoms with van der Waals surface area (Å²) in [6, 6.07) is 10.6. The van der Waals surface area contributed by atoms with E-state index in [-0.39, 0.29) is 0 Å². The lowest BCUT2D eigenvalue weighted by Crippen LogP contribution is -2.11. The van der Waals surface area contributed by atoms with Crippen LogP contribution in [0.2, 0.25) is 0 Å². The molecular formula is C14H21N3. The second-order valence-corrected chi connectivity index (χ2v) is 3.99. The van der Waals surface area contributed by atoms with Crippen molar-refractivity contribution >= 4 is 13.4 Å². The van der Waals surface area contributed by atoms with Gasteiger partial charge < -0.3 is 4.99 Å². The first-order valence-electron chi connectivity index (χ1n) is 6.00. The van der Waals surface area contributed by atoms with E-state index < -0.39 is 0 Å². The molecule has 3 nitrogen and oxygen atoms in total. The number of benzene rings is 1.